The van der Waals surface area contributed by atoms with Gasteiger partial charge >= 0.3 is 0 Å². The molecule has 2 aromatic carbocycles. The van der Waals surface area contributed by atoms with E-state index >= 15 is 0 Å². The molecule has 0 fully saturated rings. The minimum Gasteiger partial charge on any atom is -0.494 e. The lowest BCUT2D eigenvalue weighted by atomic mass is 10.2. The number of carbonyl (C=O) groups excluding carboxylic acids is 1. The van der Waals surface area contributed by atoms with Gasteiger partial charge in [0, 0.05) is 10.5 Å². The number of benzene rings is 2. The maximum absolute atomic E-state index is 12.3. The second-order valence-corrected chi connectivity index (χ2v) is 8.47. The first-order valence-corrected chi connectivity index (χ1v) is 11.6. The SMILES string of the molecule is CCCC(N)n1c(Sc2ccccc2)nc2c(C(N)=O)nc(-c3ccc(OCC)cc3)nc21. The molecule has 0 aliphatic carbocycles. The molecule has 4 rings (SSSR count). The Kier molecular flexibility index (Phi) is 6.90. The Bertz CT molecular complexity index is 1260. The Hall–Kier alpha value is -3.43. The summed E-state index contributed by atoms with van der Waals surface area (Å²) in [5.41, 5.74) is 13.9. The molecular weight excluding hydrogens is 436 g/mol. The van der Waals surface area contributed by atoms with Crippen molar-refractivity contribution in [2.45, 2.75) is 42.9 Å². The molecule has 4 N–H and O–H groups in total. The summed E-state index contributed by atoms with van der Waals surface area (Å²) >= 11 is 1.46. The van der Waals surface area contributed by atoms with Crippen LogP contribution in [0.15, 0.2) is 64.6 Å². The molecule has 4 aromatic rings. The highest BCUT2D eigenvalue weighted by Gasteiger charge is 2.24. The van der Waals surface area contributed by atoms with Crippen molar-refractivity contribution in [3.05, 3.63) is 60.3 Å². The summed E-state index contributed by atoms with van der Waals surface area (Å²) in [6, 6.07) is 17.2. The molecule has 2 heterocycles. The van der Waals surface area contributed by atoms with Crippen molar-refractivity contribution >= 4 is 28.8 Å². The van der Waals surface area contributed by atoms with Gasteiger partial charge in [-0.05, 0) is 49.7 Å². The van der Waals surface area contributed by atoms with Crippen LogP contribution >= 0.6 is 11.8 Å². The number of rotatable bonds is 9. The van der Waals surface area contributed by atoms with Crippen LogP contribution in [0.4, 0.5) is 0 Å². The van der Waals surface area contributed by atoms with Gasteiger partial charge in [0.1, 0.15) is 11.3 Å². The van der Waals surface area contributed by atoms with Gasteiger partial charge in [-0.1, -0.05) is 43.3 Å². The number of hydrogen-bond acceptors (Lipinski definition) is 7. The largest absolute Gasteiger partial charge is 0.494 e. The van der Waals surface area contributed by atoms with E-state index < -0.39 is 5.91 Å². The smallest absolute Gasteiger partial charge is 0.269 e. The number of hydrogen-bond donors (Lipinski definition) is 2. The molecule has 9 heteroatoms. The lowest BCUT2D eigenvalue weighted by molar-refractivity contribution is 0.0997. The van der Waals surface area contributed by atoms with Crippen molar-refractivity contribution in [1.29, 1.82) is 0 Å². The minimum absolute atomic E-state index is 0.0706. The van der Waals surface area contributed by atoms with Gasteiger partial charge in [-0.2, -0.15) is 0 Å². The fourth-order valence-corrected chi connectivity index (χ4v) is 4.47. The molecule has 0 saturated heterocycles. The van der Waals surface area contributed by atoms with E-state index in [0.29, 0.717) is 28.8 Å². The molecule has 1 amide bonds. The quantitative estimate of drug-likeness (QED) is 0.378. The van der Waals surface area contributed by atoms with Gasteiger partial charge < -0.3 is 16.2 Å². The average Bonchev–Trinajstić information content (AvgIpc) is 3.17. The van der Waals surface area contributed by atoms with Gasteiger partial charge in [0.25, 0.3) is 5.91 Å². The zero-order valence-electron chi connectivity index (χ0n) is 18.6. The number of primary amides is 1. The van der Waals surface area contributed by atoms with Crippen LogP contribution < -0.4 is 16.2 Å². The van der Waals surface area contributed by atoms with Gasteiger partial charge in [-0.15, -0.1) is 0 Å². The molecule has 0 aliphatic rings. The summed E-state index contributed by atoms with van der Waals surface area (Å²) < 4.78 is 7.40. The topological polar surface area (TPSA) is 122 Å². The highest BCUT2D eigenvalue weighted by atomic mass is 32.2. The van der Waals surface area contributed by atoms with Gasteiger partial charge in [0.05, 0.1) is 12.8 Å². The Morgan fingerprint density at radius 1 is 1.06 bits per heavy atom. The predicted octanol–water partition coefficient (Wildman–Crippen LogP) is 4.40. The lowest BCUT2D eigenvalue weighted by Crippen LogP contribution is -2.20. The molecule has 170 valence electrons. The van der Waals surface area contributed by atoms with Gasteiger partial charge in [-0.25, -0.2) is 15.0 Å². The van der Waals surface area contributed by atoms with Crippen molar-refractivity contribution in [2.75, 3.05) is 6.61 Å². The van der Waals surface area contributed by atoms with Crippen LogP contribution in [0.3, 0.4) is 0 Å². The highest BCUT2D eigenvalue weighted by Crippen LogP contribution is 2.33. The van der Waals surface area contributed by atoms with E-state index in [0.717, 1.165) is 29.1 Å². The molecule has 0 saturated carbocycles. The van der Waals surface area contributed by atoms with Crippen molar-refractivity contribution < 1.29 is 9.53 Å². The number of aromatic nitrogens is 4. The fourth-order valence-electron chi connectivity index (χ4n) is 3.51. The zero-order chi connectivity index (χ0) is 23.4. The summed E-state index contributed by atoms with van der Waals surface area (Å²) in [4.78, 5) is 27.3. The molecule has 33 heavy (non-hydrogen) atoms. The first-order chi connectivity index (χ1) is 16.0. The summed E-state index contributed by atoms with van der Waals surface area (Å²) in [5.74, 6) is 0.453. The third-order valence-electron chi connectivity index (χ3n) is 5.03. The highest BCUT2D eigenvalue weighted by molar-refractivity contribution is 7.99. The normalized spacial score (nSPS) is 12.1. The Morgan fingerprint density at radius 3 is 2.42 bits per heavy atom. The van der Waals surface area contributed by atoms with E-state index in [1.54, 1.807) is 0 Å². The Balaban J connectivity index is 1.90. The van der Waals surface area contributed by atoms with Crippen LogP contribution in [0, 0.1) is 0 Å². The number of fused-ring (bicyclic) bond motifs is 1. The van der Waals surface area contributed by atoms with E-state index in [4.69, 9.17) is 26.2 Å². The third-order valence-corrected chi connectivity index (χ3v) is 6.01. The summed E-state index contributed by atoms with van der Waals surface area (Å²) in [7, 11) is 0. The van der Waals surface area contributed by atoms with E-state index in [2.05, 4.69) is 11.9 Å². The standard InChI is InChI=1S/C24H26N6O2S/c1-3-8-18(25)30-23-20(28-24(30)33-17-9-6-5-7-10-17)19(21(26)31)27-22(29-23)15-11-13-16(14-12-15)32-4-2/h5-7,9-14,18H,3-4,8,25H2,1-2H3,(H2,26,31). The molecule has 0 radical (unpaired) electrons. The van der Waals surface area contributed by atoms with Crippen LogP contribution in [-0.2, 0) is 0 Å². The maximum atomic E-state index is 12.3. The van der Waals surface area contributed by atoms with Gasteiger partial charge in [0.15, 0.2) is 22.3 Å². The Labute approximate surface area is 196 Å². The van der Waals surface area contributed by atoms with Gasteiger partial charge in [0.2, 0.25) is 0 Å². The Morgan fingerprint density at radius 2 is 1.79 bits per heavy atom. The molecule has 0 aliphatic heterocycles. The number of imidazole rings is 1. The molecule has 8 nitrogen and oxygen atoms in total. The third kappa shape index (κ3) is 4.84. The summed E-state index contributed by atoms with van der Waals surface area (Å²) in [6.07, 6.45) is 1.24. The zero-order valence-corrected chi connectivity index (χ0v) is 19.4. The minimum atomic E-state index is -0.667. The first kappa shape index (κ1) is 22.8. The number of ether oxygens (including phenoxy) is 1. The van der Waals surface area contributed by atoms with Crippen LogP contribution in [0.5, 0.6) is 5.75 Å². The molecule has 2 aromatic heterocycles. The molecule has 0 bridgehead atoms. The first-order valence-electron chi connectivity index (χ1n) is 10.8. The molecule has 1 atom stereocenters. The van der Waals surface area contributed by atoms with E-state index in [1.807, 2.05) is 66.1 Å². The maximum Gasteiger partial charge on any atom is 0.269 e. The van der Waals surface area contributed by atoms with E-state index in [1.165, 1.54) is 11.8 Å². The van der Waals surface area contributed by atoms with Crippen LogP contribution in [0.25, 0.3) is 22.6 Å². The van der Waals surface area contributed by atoms with E-state index in [9.17, 15) is 4.79 Å². The van der Waals surface area contributed by atoms with Crippen molar-refractivity contribution in [3.63, 3.8) is 0 Å². The van der Waals surface area contributed by atoms with Crippen LogP contribution in [-0.4, -0.2) is 32.0 Å². The second-order valence-electron chi connectivity index (χ2n) is 7.43. The molecule has 0 spiro atoms. The van der Waals surface area contributed by atoms with Crippen molar-refractivity contribution in [1.82, 2.24) is 19.5 Å². The summed E-state index contributed by atoms with van der Waals surface area (Å²) in [5, 5.41) is 0.637. The van der Waals surface area contributed by atoms with Crippen molar-refractivity contribution in [2.24, 2.45) is 11.5 Å². The lowest BCUT2D eigenvalue weighted by Gasteiger charge is -2.16. The average molecular weight is 463 g/mol. The van der Waals surface area contributed by atoms with Crippen LogP contribution in [0.1, 0.15) is 43.3 Å². The number of amides is 1. The fraction of sp³-hybridized carbons (Fsp3) is 0.250. The van der Waals surface area contributed by atoms with Crippen LogP contribution in [0.2, 0.25) is 0 Å². The van der Waals surface area contributed by atoms with Crippen molar-refractivity contribution in [3.8, 4) is 17.1 Å². The molecule has 1 unspecified atom stereocenters. The summed E-state index contributed by atoms with van der Waals surface area (Å²) in [6.45, 7) is 4.57. The molecular formula is C24H26N6O2S. The van der Waals surface area contributed by atoms with E-state index in [-0.39, 0.29) is 11.9 Å². The number of nitrogens with zero attached hydrogens (tertiary/aromatic N) is 4. The second kappa shape index (κ2) is 10.0. The number of nitrogens with two attached hydrogens (primary N) is 2. The van der Waals surface area contributed by atoms with Gasteiger partial charge in [-0.3, -0.25) is 9.36 Å². The predicted molar refractivity (Wildman–Crippen MR) is 129 cm³/mol. The monoisotopic (exact) mass is 462 g/mol. The number of carbonyl (C=O) groups is 1.